The van der Waals surface area contributed by atoms with E-state index in [9.17, 15) is 9.59 Å². The van der Waals surface area contributed by atoms with E-state index < -0.39 is 5.82 Å². The zero-order valence-corrected chi connectivity index (χ0v) is 22.7. The minimum atomic E-state index is -0.532. The van der Waals surface area contributed by atoms with E-state index in [2.05, 4.69) is 20.5 Å². The van der Waals surface area contributed by atoms with Gasteiger partial charge in [-0.1, -0.05) is 6.07 Å². The van der Waals surface area contributed by atoms with Crippen LogP contribution in [0.5, 0.6) is 5.75 Å². The fourth-order valence-corrected chi connectivity index (χ4v) is 5.09. The summed E-state index contributed by atoms with van der Waals surface area (Å²) in [5, 5.41) is 9.33. The van der Waals surface area contributed by atoms with Gasteiger partial charge in [-0.05, 0) is 79.3 Å². The number of amides is 1. The molecule has 2 heterocycles. The summed E-state index contributed by atoms with van der Waals surface area (Å²) in [4.78, 5) is 31.2. The van der Waals surface area contributed by atoms with Crippen LogP contribution in [0.1, 0.15) is 17.0 Å². The molecule has 0 spiro atoms. The zero-order valence-electron chi connectivity index (χ0n) is 21.9. The van der Waals surface area contributed by atoms with Crippen molar-refractivity contribution in [2.24, 2.45) is 7.05 Å². The van der Waals surface area contributed by atoms with Gasteiger partial charge >= 0.3 is 5.69 Å². The van der Waals surface area contributed by atoms with Crippen molar-refractivity contribution in [3.05, 3.63) is 88.1 Å². The molecule has 3 aromatic carbocycles. The van der Waals surface area contributed by atoms with Crippen molar-refractivity contribution in [1.29, 1.82) is 0 Å². The van der Waals surface area contributed by atoms with Gasteiger partial charge in [-0.2, -0.15) is 5.10 Å². The summed E-state index contributed by atoms with van der Waals surface area (Å²) >= 11 is 1.58. The normalized spacial score (nSPS) is 11.2. The molecule has 5 aromatic rings. The van der Waals surface area contributed by atoms with Crippen LogP contribution in [0.25, 0.3) is 22.2 Å². The lowest BCUT2D eigenvalue weighted by Crippen LogP contribution is -2.28. The highest BCUT2D eigenvalue weighted by Gasteiger charge is 2.20. The largest absolute Gasteiger partial charge is 0.482 e. The van der Waals surface area contributed by atoms with Gasteiger partial charge in [0.05, 0.1) is 11.0 Å². The van der Waals surface area contributed by atoms with Crippen molar-refractivity contribution in [3.63, 3.8) is 0 Å². The molecule has 0 radical (unpaired) electrons. The fraction of sp³-hybridized carbons (Fsp3) is 0.214. The van der Waals surface area contributed by atoms with Crippen LogP contribution in [-0.4, -0.2) is 36.5 Å². The van der Waals surface area contributed by atoms with E-state index >= 15 is 4.39 Å². The Bertz CT molecular complexity index is 1720. The molecular weight excluding hydrogens is 519 g/mol. The number of carbonyl (C=O) groups is 1. The molecule has 11 heteroatoms. The van der Waals surface area contributed by atoms with Gasteiger partial charge in [0.15, 0.2) is 17.4 Å². The van der Waals surface area contributed by atoms with Crippen LogP contribution in [0.2, 0.25) is 0 Å². The number of anilines is 1. The Morgan fingerprint density at radius 2 is 2.00 bits per heavy atom. The van der Waals surface area contributed by atoms with Gasteiger partial charge in [-0.15, -0.1) is 11.8 Å². The number of thioether (sulfide) groups is 1. The molecule has 200 valence electrons. The van der Waals surface area contributed by atoms with Crippen LogP contribution in [0, 0.1) is 19.7 Å². The maximum absolute atomic E-state index is 15.2. The predicted molar refractivity (Wildman–Crippen MR) is 150 cm³/mol. The minimum absolute atomic E-state index is 0.0484. The predicted octanol–water partition coefficient (Wildman–Crippen LogP) is 4.82. The van der Waals surface area contributed by atoms with E-state index in [4.69, 9.17) is 4.74 Å². The number of nitrogens with one attached hydrogen (secondary N) is 2. The zero-order chi connectivity index (χ0) is 27.7. The highest BCUT2D eigenvalue weighted by atomic mass is 32.2. The van der Waals surface area contributed by atoms with Gasteiger partial charge in [-0.3, -0.25) is 19.0 Å². The molecule has 9 nitrogen and oxygen atoms in total. The van der Waals surface area contributed by atoms with E-state index in [1.807, 2.05) is 55.6 Å². The first-order chi connectivity index (χ1) is 18.7. The number of fused-ring (bicyclic) bond motifs is 1. The quantitative estimate of drug-likeness (QED) is 0.270. The molecule has 0 bridgehead atoms. The Morgan fingerprint density at radius 1 is 1.18 bits per heavy atom. The second kappa shape index (κ2) is 10.8. The third-order valence-electron chi connectivity index (χ3n) is 6.39. The minimum Gasteiger partial charge on any atom is -0.482 e. The van der Waals surface area contributed by atoms with Crippen molar-refractivity contribution in [2.45, 2.75) is 31.9 Å². The number of aryl methyl sites for hydroxylation is 3. The monoisotopic (exact) mass is 546 g/mol. The molecule has 5 rings (SSSR count). The van der Waals surface area contributed by atoms with Crippen molar-refractivity contribution < 1.29 is 13.9 Å². The Hall–Kier alpha value is -4.38. The standard InChI is InChI=1S/C28H27FN6O3S/c1-16-8-21(18-10-17(2)27(22(29)11-18)38-14-24-30-15-31-33-24)26-23(9-16)35(28(37)34(26)3)13-25(36)32-19-6-5-7-20(12-19)39-4/h5-12,15H,13-14H2,1-4H3,(H,32,36)(H,30,31,33). The number of H-pyrrole nitrogens is 1. The number of ether oxygens (including phenoxy) is 1. The number of nitrogens with zero attached hydrogens (tertiary/aromatic N) is 4. The molecule has 0 unspecified atom stereocenters. The van der Waals surface area contributed by atoms with E-state index in [1.165, 1.54) is 21.5 Å². The van der Waals surface area contributed by atoms with Crippen LogP contribution in [-0.2, 0) is 25.0 Å². The maximum Gasteiger partial charge on any atom is 0.329 e. The molecule has 39 heavy (non-hydrogen) atoms. The number of rotatable bonds is 8. The highest BCUT2D eigenvalue weighted by molar-refractivity contribution is 7.98. The smallest absolute Gasteiger partial charge is 0.329 e. The summed E-state index contributed by atoms with van der Waals surface area (Å²) in [7, 11) is 1.65. The summed E-state index contributed by atoms with van der Waals surface area (Å²) < 4.78 is 23.8. The van der Waals surface area contributed by atoms with Gasteiger partial charge < -0.3 is 10.1 Å². The van der Waals surface area contributed by atoms with Crippen molar-refractivity contribution >= 4 is 34.4 Å². The fourth-order valence-electron chi connectivity index (χ4n) is 4.63. The average molecular weight is 547 g/mol. The number of aromatic nitrogens is 5. The van der Waals surface area contributed by atoms with E-state index in [0.29, 0.717) is 39.2 Å². The Morgan fingerprint density at radius 3 is 2.72 bits per heavy atom. The Balaban J connectivity index is 1.50. The van der Waals surface area contributed by atoms with Crippen molar-refractivity contribution in [2.75, 3.05) is 11.6 Å². The summed E-state index contributed by atoms with van der Waals surface area (Å²) in [6.45, 7) is 3.55. The summed E-state index contributed by atoms with van der Waals surface area (Å²) in [6.07, 6.45) is 3.32. The molecule has 0 aliphatic carbocycles. The Kier molecular flexibility index (Phi) is 7.25. The van der Waals surface area contributed by atoms with Crippen LogP contribution in [0.4, 0.5) is 10.1 Å². The molecule has 0 atom stereocenters. The molecule has 0 saturated carbocycles. The molecule has 2 aromatic heterocycles. The van der Waals surface area contributed by atoms with E-state index in [-0.39, 0.29) is 30.5 Å². The van der Waals surface area contributed by atoms with Crippen molar-refractivity contribution in [1.82, 2.24) is 24.3 Å². The van der Waals surface area contributed by atoms with E-state index in [1.54, 1.807) is 25.7 Å². The van der Waals surface area contributed by atoms with Crippen LogP contribution in [0.15, 0.2) is 64.5 Å². The molecule has 0 fully saturated rings. The molecule has 0 saturated heterocycles. The third-order valence-corrected chi connectivity index (χ3v) is 7.12. The van der Waals surface area contributed by atoms with Crippen molar-refractivity contribution in [3.8, 4) is 16.9 Å². The number of halogens is 1. The second-order valence-corrected chi connectivity index (χ2v) is 10.1. The SMILES string of the molecule is CSc1cccc(NC(=O)Cn2c(=O)n(C)c3c(-c4cc(C)c(OCc5ncn[nH]5)c(F)c4)cc(C)cc32)c1. The number of hydrogen-bond donors (Lipinski definition) is 2. The molecular formula is C28H27FN6O3S. The molecule has 0 aliphatic heterocycles. The summed E-state index contributed by atoms with van der Waals surface area (Å²) in [5.41, 5.74) is 4.26. The highest BCUT2D eigenvalue weighted by Crippen LogP contribution is 2.34. The lowest BCUT2D eigenvalue weighted by molar-refractivity contribution is -0.116. The summed E-state index contributed by atoms with van der Waals surface area (Å²) in [5.74, 6) is -0.250. The maximum atomic E-state index is 15.2. The first kappa shape index (κ1) is 26.2. The number of carbonyl (C=O) groups excluding carboxylic acids is 1. The lowest BCUT2D eigenvalue weighted by Gasteiger charge is -2.13. The third kappa shape index (κ3) is 5.30. The number of imidazole rings is 1. The van der Waals surface area contributed by atoms with Gasteiger partial charge in [0.25, 0.3) is 0 Å². The Labute approximate surface area is 228 Å². The second-order valence-electron chi connectivity index (χ2n) is 9.21. The average Bonchev–Trinajstić information content (AvgIpc) is 3.51. The van der Waals surface area contributed by atoms with Crippen LogP contribution < -0.4 is 15.7 Å². The number of hydrogen-bond acceptors (Lipinski definition) is 6. The number of aromatic amines is 1. The van der Waals surface area contributed by atoms with Gasteiger partial charge in [0, 0.05) is 23.2 Å². The first-order valence-corrected chi connectivity index (χ1v) is 13.4. The summed E-state index contributed by atoms with van der Waals surface area (Å²) in [6, 6.07) is 14.5. The van der Waals surface area contributed by atoms with Gasteiger partial charge in [0.2, 0.25) is 5.91 Å². The van der Waals surface area contributed by atoms with Crippen LogP contribution in [0.3, 0.4) is 0 Å². The topological polar surface area (TPSA) is 107 Å². The van der Waals surface area contributed by atoms with E-state index in [0.717, 1.165) is 10.5 Å². The number of benzene rings is 3. The first-order valence-electron chi connectivity index (χ1n) is 12.2. The van der Waals surface area contributed by atoms with Crippen LogP contribution >= 0.6 is 11.8 Å². The lowest BCUT2D eigenvalue weighted by atomic mass is 9.99. The van der Waals surface area contributed by atoms with Gasteiger partial charge in [-0.25, -0.2) is 14.2 Å². The molecule has 2 N–H and O–H groups in total. The molecule has 1 amide bonds. The molecule has 0 aliphatic rings. The van der Waals surface area contributed by atoms with Gasteiger partial charge in [0.1, 0.15) is 19.5 Å².